The van der Waals surface area contributed by atoms with E-state index in [1.807, 2.05) is 48.5 Å². The van der Waals surface area contributed by atoms with Crippen molar-refractivity contribution in [3.8, 4) is 22.5 Å². The Morgan fingerprint density at radius 3 is 2.75 bits per heavy atom. The first-order valence-electron chi connectivity index (χ1n) is 9.67. The SMILES string of the molecule is Cn1cc(-c2ccc3ncc(-c4cccc(NC5CCNCC5)n4)n3c2)cn1. The molecule has 0 atom stereocenters. The first-order chi connectivity index (χ1) is 13.8. The summed E-state index contributed by atoms with van der Waals surface area (Å²) in [5, 5.41) is 11.3. The molecule has 28 heavy (non-hydrogen) atoms. The number of fused-ring (bicyclic) bond motifs is 1. The lowest BCUT2D eigenvalue weighted by atomic mass is 10.1. The molecule has 0 saturated carbocycles. The highest BCUT2D eigenvalue weighted by Gasteiger charge is 2.14. The first-order valence-corrected chi connectivity index (χ1v) is 9.67. The van der Waals surface area contributed by atoms with Crippen molar-refractivity contribution in [1.29, 1.82) is 0 Å². The van der Waals surface area contributed by atoms with Gasteiger partial charge in [-0.2, -0.15) is 5.10 Å². The van der Waals surface area contributed by atoms with Crippen molar-refractivity contribution >= 4 is 11.5 Å². The Morgan fingerprint density at radius 2 is 1.93 bits per heavy atom. The second-order valence-electron chi connectivity index (χ2n) is 7.27. The number of imidazole rings is 1. The lowest BCUT2D eigenvalue weighted by Crippen LogP contribution is -2.35. The van der Waals surface area contributed by atoms with Gasteiger partial charge in [0.1, 0.15) is 11.5 Å². The first kappa shape index (κ1) is 16.9. The van der Waals surface area contributed by atoms with Gasteiger partial charge in [-0.3, -0.25) is 9.08 Å². The Balaban J connectivity index is 1.49. The minimum Gasteiger partial charge on any atom is -0.367 e. The quantitative estimate of drug-likeness (QED) is 0.575. The molecule has 1 saturated heterocycles. The summed E-state index contributed by atoms with van der Waals surface area (Å²) in [6.45, 7) is 2.11. The van der Waals surface area contributed by atoms with Crippen molar-refractivity contribution in [2.75, 3.05) is 18.4 Å². The fraction of sp³-hybridized carbons (Fsp3) is 0.286. The zero-order chi connectivity index (χ0) is 18.9. The number of rotatable bonds is 4. The Hall–Kier alpha value is -3.19. The van der Waals surface area contributed by atoms with Crippen LogP contribution in [0.4, 0.5) is 5.82 Å². The van der Waals surface area contributed by atoms with Crippen molar-refractivity contribution < 1.29 is 0 Å². The predicted octanol–water partition coefficient (Wildman–Crippen LogP) is 2.96. The number of hydrogen-bond acceptors (Lipinski definition) is 5. The van der Waals surface area contributed by atoms with Crippen LogP contribution in [-0.2, 0) is 7.05 Å². The number of pyridine rings is 2. The van der Waals surface area contributed by atoms with E-state index in [0.29, 0.717) is 6.04 Å². The van der Waals surface area contributed by atoms with Crippen LogP contribution in [0.15, 0.2) is 55.1 Å². The van der Waals surface area contributed by atoms with Gasteiger partial charge in [-0.15, -0.1) is 0 Å². The molecule has 4 aromatic rings. The fourth-order valence-electron chi connectivity index (χ4n) is 3.74. The van der Waals surface area contributed by atoms with Crippen LogP contribution in [0.25, 0.3) is 28.2 Å². The molecule has 5 rings (SSSR count). The molecule has 0 spiro atoms. The molecule has 1 aliphatic heterocycles. The molecule has 142 valence electrons. The van der Waals surface area contributed by atoms with Gasteiger partial charge in [0.2, 0.25) is 0 Å². The summed E-state index contributed by atoms with van der Waals surface area (Å²) in [6.07, 6.45) is 10.1. The van der Waals surface area contributed by atoms with Crippen LogP contribution in [0.1, 0.15) is 12.8 Å². The number of piperidine rings is 1. The third-order valence-electron chi connectivity index (χ3n) is 5.25. The summed E-state index contributed by atoms with van der Waals surface area (Å²) in [7, 11) is 1.93. The maximum absolute atomic E-state index is 4.86. The van der Waals surface area contributed by atoms with Gasteiger partial charge in [-0.05, 0) is 50.2 Å². The number of aryl methyl sites for hydroxylation is 1. The van der Waals surface area contributed by atoms with Gasteiger partial charge in [0.15, 0.2) is 0 Å². The zero-order valence-corrected chi connectivity index (χ0v) is 15.8. The van der Waals surface area contributed by atoms with Crippen molar-refractivity contribution in [2.24, 2.45) is 7.05 Å². The van der Waals surface area contributed by atoms with E-state index < -0.39 is 0 Å². The Bertz CT molecular complexity index is 1100. The Kier molecular flexibility index (Phi) is 4.29. The van der Waals surface area contributed by atoms with Gasteiger partial charge < -0.3 is 10.6 Å². The maximum Gasteiger partial charge on any atom is 0.137 e. The Labute approximate surface area is 163 Å². The third-order valence-corrected chi connectivity index (χ3v) is 5.25. The van der Waals surface area contributed by atoms with E-state index in [2.05, 4.69) is 43.4 Å². The summed E-state index contributed by atoms with van der Waals surface area (Å²) in [6, 6.07) is 10.7. The number of nitrogens with zero attached hydrogens (tertiary/aromatic N) is 5. The van der Waals surface area contributed by atoms with Gasteiger partial charge in [0.05, 0.1) is 23.8 Å². The van der Waals surface area contributed by atoms with E-state index in [-0.39, 0.29) is 0 Å². The van der Waals surface area contributed by atoms with E-state index in [9.17, 15) is 0 Å². The molecular weight excluding hydrogens is 350 g/mol. The molecule has 5 heterocycles. The molecule has 0 aromatic carbocycles. The fourth-order valence-corrected chi connectivity index (χ4v) is 3.74. The van der Waals surface area contributed by atoms with Gasteiger partial charge >= 0.3 is 0 Å². The van der Waals surface area contributed by atoms with Crippen LogP contribution in [0.3, 0.4) is 0 Å². The Morgan fingerprint density at radius 1 is 1.04 bits per heavy atom. The highest BCUT2D eigenvalue weighted by atomic mass is 15.2. The summed E-state index contributed by atoms with van der Waals surface area (Å²) in [5.41, 5.74) is 4.98. The molecule has 7 nitrogen and oxygen atoms in total. The minimum absolute atomic E-state index is 0.475. The van der Waals surface area contributed by atoms with E-state index in [0.717, 1.165) is 59.9 Å². The van der Waals surface area contributed by atoms with Crippen LogP contribution in [0, 0.1) is 0 Å². The second-order valence-corrected chi connectivity index (χ2v) is 7.27. The second kappa shape index (κ2) is 7.09. The molecule has 7 heteroatoms. The maximum atomic E-state index is 4.86. The topological polar surface area (TPSA) is 72.1 Å². The zero-order valence-electron chi connectivity index (χ0n) is 15.8. The standard InChI is InChI=1S/C21H23N7/c1-27-13-16(11-24-27)15-5-6-21-23-12-19(28(21)14-15)18-3-2-4-20(26-18)25-17-7-9-22-10-8-17/h2-6,11-14,17,22H,7-10H2,1H3,(H,25,26). The number of hydrogen-bond donors (Lipinski definition) is 2. The lowest BCUT2D eigenvalue weighted by molar-refractivity contribution is 0.478. The normalized spacial score (nSPS) is 15.2. The summed E-state index contributed by atoms with van der Waals surface area (Å²) < 4.78 is 3.91. The summed E-state index contributed by atoms with van der Waals surface area (Å²) >= 11 is 0. The van der Waals surface area contributed by atoms with Crippen LogP contribution in [0.2, 0.25) is 0 Å². The summed E-state index contributed by atoms with van der Waals surface area (Å²) in [4.78, 5) is 9.41. The van der Waals surface area contributed by atoms with Crippen molar-refractivity contribution in [1.82, 2.24) is 29.5 Å². The largest absolute Gasteiger partial charge is 0.367 e. The van der Waals surface area contributed by atoms with Crippen LogP contribution < -0.4 is 10.6 Å². The summed E-state index contributed by atoms with van der Waals surface area (Å²) in [5.74, 6) is 0.919. The monoisotopic (exact) mass is 373 g/mol. The van der Waals surface area contributed by atoms with Gasteiger partial charge in [0, 0.05) is 36.6 Å². The molecule has 0 radical (unpaired) electrons. The van der Waals surface area contributed by atoms with Gasteiger partial charge in [-0.25, -0.2) is 9.97 Å². The smallest absolute Gasteiger partial charge is 0.137 e. The molecule has 1 fully saturated rings. The predicted molar refractivity (Wildman–Crippen MR) is 110 cm³/mol. The molecule has 0 amide bonds. The number of anilines is 1. The molecule has 1 aliphatic rings. The molecule has 2 N–H and O–H groups in total. The number of nitrogens with one attached hydrogen (secondary N) is 2. The van der Waals surface area contributed by atoms with Crippen molar-refractivity contribution in [3.05, 3.63) is 55.1 Å². The van der Waals surface area contributed by atoms with E-state index in [1.165, 1.54) is 0 Å². The number of aromatic nitrogens is 5. The highest BCUT2D eigenvalue weighted by molar-refractivity contribution is 5.67. The van der Waals surface area contributed by atoms with E-state index in [1.54, 1.807) is 0 Å². The van der Waals surface area contributed by atoms with Crippen molar-refractivity contribution in [2.45, 2.75) is 18.9 Å². The van der Waals surface area contributed by atoms with Gasteiger partial charge in [0.25, 0.3) is 0 Å². The molecule has 4 aromatic heterocycles. The third kappa shape index (κ3) is 3.25. The van der Waals surface area contributed by atoms with Crippen LogP contribution in [-0.4, -0.2) is 43.3 Å². The molecular formula is C21H23N7. The van der Waals surface area contributed by atoms with E-state index >= 15 is 0 Å². The average Bonchev–Trinajstić information content (AvgIpc) is 3.35. The van der Waals surface area contributed by atoms with Gasteiger partial charge in [-0.1, -0.05) is 6.07 Å². The molecule has 0 unspecified atom stereocenters. The van der Waals surface area contributed by atoms with Crippen molar-refractivity contribution in [3.63, 3.8) is 0 Å². The molecule has 0 aliphatic carbocycles. The van der Waals surface area contributed by atoms with Crippen LogP contribution >= 0.6 is 0 Å². The highest BCUT2D eigenvalue weighted by Crippen LogP contribution is 2.25. The lowest BCUT2D eigenvalue weighted by Gasteiger charge is -2.24. The van der Waals surface area contributed by atoms with E-state index in [4.69, 9.17) is 4.98 Å². The van der Waals surface area contributed by atoms with Crippen LogP contribution in [0.5, 0.6) is 0 Å². The minimum atomic E-state index is 0.475. The average molecular weight is 373 g/mol. The molecule has 0 bridgehead atoms.